The van der Waals surface area contributed by atoms with E-state index in [1.807, 2.05) is 6.92 Å². The van der Waals surface area contributed by atoms with E-state index >= 15 is 0 Å². The maximum atomic E-state index is 11.4. The van der Waals surface area contributed by atoms with Crippen LogP contribution in [0.15, 0.2) is 0 Å². The zero-order valence-electron chi connectivity index (χ0n) is 11.0. The number of piperazine rings is 1. The summed E-state index contributed by atoms with van der Waals surface area (Å²) in [7, 11) is 4.16. The van der Waals surface area contributed by atoms with Gasteiger partial charge in [0.25, 0.3) is 0 Å². The molecule has 0 aromatic heterocycles. The smallest absolute Gasteiger partial charge is 0.409 e. The van der Waals surface area contributed by atoms with Crippen molar-refractivity contribution in [2.24, 2.45) is 0 Å². The number of hydrogen-bond donors (Lipinski definition) is 0. The van der Waals surface area contributed by atoms with E-state index in [-0.39, 0.29) is 18.5 Å². The van der Waals surface area contributed by atoms with Crippen LogP contribution in [0.3, 0.4) is 0 Å². The van der Waals surface area contributed by atoms with Crippen LogP contribution in [0.1, 0.15) is 6.92 Å². The summed E-state index contributed by atoms with van der Waals surface area (Å²) in [6.07, 6.45) is -0.172. The Labute approximate surface area is 110 Å². The summed E-state index contributed by atoms with van der Waals surface area (Å²) in [5, 5.41) is 0. The molecule has 0 aromatic rings. The molecule has 1 amide bonds. The van der Waals surface area contributed by atoms with E-state index in [9.17, 15) is 4.79 Å². The summed E-state index contributed by atoms with van der Waals surface area (Å²) in [4.78, 5) is 17.8. The summed E-state index contributed by atoms with van der Waals surface area (Å²) in [6.45, 7) is 7.91. The number of likely N-dealkylation sites (N-methyl/N-ethyl adjacent to an activating group) is 1. The van der Waals surface area contributed by atoms with Crippen LogP contribution in [0.25, 0.3) is 0 Å². The SMILES string of the molecule is CCOC(=O)N1CCN(CCN(C)C)CC1.Cl. The topological polar surface area (TPSA) is 36.0 Å². The van der Waals surface area contributed by atoms with Gasteiger partial charge in [-0.05, 0) is 21.0 Å². The van der Waals surface area contributed by atoms with E-state index in [2.05, 4.69) is 23.9 Å². The monoisotopic (exact) mass is 265 g/mol. The third kappa shape index (κ3) is 6.10. The molecule has 1 aliphatic rings. The van der Waals surface area contributed by atoms with E-state index in [1.54, 1.807) is 4.90 Å². The lowest BCUT2D eigenvalue weighted by molar-refractivity contribution is 0.0779. The molecule has 1 saturated heterocycles. The predicted octanol–water partition coefficient (Wildman–Crippen LogP) is 0.744. The number of carbonyl (C=O) groups excluding carboxylic acids is 1. The molecule has 0 bridgehead atoms. The van der Waals surface area contributed by atoms with Gasteiger partial charge in [0.05, 0.1) is 6.61 Å². The molecule has 1 heterocycles. The van der Waals surface area contributed by atoms with Gasteiger partial charge in [0, 0.05) is 39.3 Å². The lowest BCUT2D eigenvalue weighted by atomic mass is 10.3. The molecule has 0 saturated carbocycles. The highest BCUT2D eigenvalue weighted by atomic mass is 35.5. The van der Waals surface area contributed by atoms with Crippen LogP contribution < -0.4 is 0 Å². The molecule has 17 heavy (non-hydrogen) atoms. The number of nitrogens with zero attached hydrogens (tertiary/aromatic N) is 3. The molecule has 1 fully saturated rings. The first-order valence-electron chi connectivity index (χ1n) is 5.92. The van der Waals surface area contributed by atoms with E-state index < -0.39 is 0 Å². The average Bonchev–Trinajstić information content (AvgIpc) is 2.27. The fourth-order valence-corrected chi connectivity index (χ4v) is 1.71. The van der Waals surface area contributed by atoms with E-state index in [0.717, 1.165) is 39.3 Å². The number of amides is 1. The van der Waals surface area contributed by atoms with Crippen molar-refractivity contribution < 1.29 is 9.53 Å². The number of rotatable bonds is 4. The lowest BCUT2D eigenvalue weighted by Crippen LogP contribution is -2.50. The molecule has 0 radical (unpaired) electrons. The Kier molecular flexibility index (Phi) is 8.29. The minimum absolute atomic E-state index is 0. The van der Waals surface area contributed by atoms with Gasteiger partial charge < -0.3 is 14.5 Å². The summed E-state index contributed by atoms with van der Waals surface area (Å²) in [5.41, 5.74) is 0. The van der Waals surface area contributed by atoms with E-state index in [0.29, 0.717) is 6.61 Å². The lowest BCUT2D eigenvalue weighted by Gasteiger charge is -2.34. The minimum atomic E-state index is -0.172. The Morgan fingerprint density at radius 3 is 2.29 bits per heavy atom. The van der Waals surface area contributed by atoms with Crippen molar-refractivity contribution in [3.05, 3.63) is 0 Å². The number of carbonyl (C=O) groups is 1. The third-order valence-corrected chi connectivity index (χ3v) is 2.76. The Morgan fingerprint density at radius 2 is 1.82 bits per heavy atom. The second-order valence-corrected chi connectivity index (χ2v) is 4.33. The molecule has 1 aliphatic heterocycles. The zero-order chi connectivity index (χ0) is 12.0. The van der Waals surface area contributed by atoms with Crippen molar-refractivity contribution >= 4 is 18.5 Å². The molecule has 6 heteroatoms. The molecular weight excluding hydrogens is 242 g/mol. The molecule has 0 N–H and O–H groups in total. The third-order valence-electron chi connectivity index (χ3n) is 2.76. The molecule has 0 spiro atoms. The quantitative estimate of drug-likeness (QED) is 0.751. The summed E-state index contributed by atoms with van der Waals surface area (Å²) >= 11 is 0. The fraction of sp³-hybridized carbons (Fsp3) is 0.909. The second kappa shape index (κ2) is 8.55. The van der Waals surface area contributed by atoms with Crippen molar-refractivity contribution in [2.45, 2.75) is 6.92 Å². The zero-order valence-corrected chi connectivity index (χ0v) is 11.8. The van der Waals surface area contributed by atoms with E-state index in [1.165, 1.54) is 0 Å². The highest BCUT2D eigenvalue weighted by Gasteiger charge is 2.21. The van der Waals surface area contributed by atoms with Crippen LogP contribution in [0.5, 0.6) is 0 Å². The average molecular weight is 266 g/mol. The maximum Gasteiger partial charge on any atom is 0.409 e. The molecular formula is C11H24ClN3O2. The van der Waals surface area contributed by atoms with Gasteiger partial charge in [0.2, 0.25) is 0 Å². The molecule has 0 unspecified atom stereocenters. The summed E-state index contributed by atoms with van der Waals surface area (Å²) in [5.74, 6) is 0. The van der Waals surface area contributed by atoms with Crippen LogP contribution in [-0.4, -0.2) is 80.8 Å². The Hall–Kier alpha value is -0.520. The first-order chi connectivity index (χ1) is 7.63. The van der Waals surface area contributed by atoms with Crippen molar-refractivity contribution in [3.8, 4) is 0 Å². The Balaban J connectivity index is 0.00000256. The largest absolute Gasteiger partial charge is 0.450 e. The summed E-state index contributed by atoms with van der Waals surface area (Å²) in [6, 6.07) is 0. The van der Waals surface area contributed by atoms with Gasteiger partial charge in [-0.2, -0.15) is 0 Å². The maximum absolute atomic E-state index is 11.4. The molecule has 102 valence electrons. The fourth-order valence-electron chi connectivity index (χ4n) is 1.71. The Morgan fingerprint density at radius 1 is 1.24 bits per heavy atom. The van der Waals surface area contributed by atoms with Crippen LogP contribution in [-0.2, 0) is 4.74 Å². The second-order valence-electron chi connectivity index (χ2n) is 4.33. The Bertz CT molecular complexity index is 219. The van der Waals surface area contributed by atoms with Crippen molar-refractivity contribution in [1.82, 2.24) is 14.7 Å². The van der Waals surface area contributed by atoms with Gasteiger partial charge in [-0.25, -0.2) is 4.79 Å². The van der Waals surface area contributed by atoms with Crippen LogP contribution in [0, 0.1) is 0 Å². The highest BCUT2D eigenvalue weighted by molar-refractivity contribution is 5.85. The molecule has 0 aliphatic carbocycles. The first-order valence-corrected chi connectivity index (χ1v) is 5.92. The van der Waals surface area contributed by atoms with Crippen molar-refractivity contribution in [1.29, 1.82) is 0 Å². The van der Waals surface area contributed by atoms with Crippen LogP contribution in [0.2, 0.25) is 0 Å². The van der Waals surface area contributed by atoms with Gasteiger partial charge in [-0.3, -0.25) is 4.90 Å². The number of ether oxygens (including phenoxy) is 1. The van der Waals surface area contributed by atoms with Gasteiger partial charge in [-0.1, -0.05) is 0 Å². The normalized spacial score (nSPS) is 16.8. The highest BCUT2D eigenvalue weighted by Crippen LogP contribution is 2.03. The predicted molar refractivity (Wildman–Crippen MR) is 70.8 cm³/mol. The molecule has 5 nitrogen and oxygen atoms in total. The van der Waals surface area contributed by atoms with Crippen LogP contribution >= 0.6 is 12.4 Å². The number of hydrogen-bond acceptors (Lipinski definition) is 4. The molecule has 1 rings (SSSR count). The van der Waals surface area contributed by atoms with E-state index in [4.69, 9.17) is 4.74 Å². The van der Waals surface area contributed by atoms with Crippen molar-refractivity contribution in [2.75, 3.05) is 60.0 Å². The van der Waals surface area contributed by atoms with Gasteiger partial charge >= 0.3 is 6.09 Å². The van der Waals surface area contributed by atoms with Crippen molar-refractivity contribution in [3.63, 3.8) is 0 Å². The first kappa shape index (κ1) is 16.5. The standard InChI is InChI=1S/C11H23N3O2.ClH/c1-4-16-11(15)14-9-7-13(8-10-14)6-5-12(2)3;/h4-10H2,1-3H3;1H. The minimum Gasteiger partial charge on any atom is -0.450 e. The van der Waals surface area contributed by atoms with Gasteiger partial charge in [-0.15, -0.1) is 12.4 Å². The molecule has 0 atom stereocenters. The van der Waals surface area contributed by atoms with Gasteiger partial charge in [0.15, 0.2) is 0 Å². The summed E-state index contributed by atoms with van der Waals surface area (Å²) < 4.78 is 4.98. The number of halogens is 1. The molecule has 0 aromatic carbocycles. The van der Waals surface area contributed by atoms with Crippen LogP contribution in [0.4, 0.5) is 4.79 Å². The van der Waals surface area contributed by atoms with Gasteiger partial charge in [0.1, 0.15) is 0 Å².